The van der Waals surface area contributed by atoms with Crippen molar-refractivity contribution in [2.45, 2.75) is 57.5 Å². The van der Waals surface area contributed by atoms with E-state index in [1.54, 1.807) is 24.3 Å². The minimum atomic E-state index is -4.51. The van der Waals surface area contributed by atoms with Crippen LogP contribution in [0.3, 0.4) is 0 Å². The van der Waals surface area contributed by atoms with E-state index in [2.05, 4.69) is 30.9 Å². The third-order valence-corrected chi connectivity index (χ3v) is 5.06. The summed E-state index contributed by atoms with van der Waals surface area (Å²) in [6.45, 7) is -0.275. The summed E-state index contributed by atoms with van der Waals surface area (Å²) in [7, 11) is 0. The summed E-state index contributed by atoms with van der Waals surface area (Å²) in [6, 6.07) is 6.22. The number of rotatable bonds is 2. The van der Waals surface area contributed by atoms with Crippen molar-refractivity contribution in [2.75, 3.05) is 30.3 Å². The fourth-order valence-electron chi connectivity index (χ4n) is 3.35. The van der Waals surface area contributed by atoms with Crippen LogP contribution in [0.25, 0.3) is 0 Å². The van der Waals surface area contributed by atoms with E-state index in [4.69, 9.17) is 4.74 Å². The van der Waals surface area contributed by atoms with Gasteiger partial charge in [-0.3, -0.25) is 4.79 Å². The van der Waals surface area contributed by atoms with Crippen molar-refractivity contribution < 1.29 is 22.7 Å². The summed E-state index contributed by atoms with van der Waals surface area (Å²) < 4.78 is 42.4. The first-order valence-corrected chi connectivity index (χ1v) is 11.2. The average molecular weight is 467 g/mol. The van der Waals surface area contributed by atoms with Gasteiger partial charge >= 0.3 is 12.2 Å². The lowest BCUT2D eigenvalue weighted by molar-refractivity contribution is -0.154. The van der Waals surface area contributed by atoms with Crippen molar-refractivity contribution in [2.24, 2.45) is 0 Å². The number of aromatic nitrogens is 3. The zero-order valence-electron chi connectivity index (χ0n) is 18.4. The predicted molar refractivity (Wildman–Crippen MR) is 119 cm³/mol. The van der Waals surface area contributed by atoms with Crippen molar-refractivity contribution in [3.63, 3.8) is 0 Å². The summed E-state index contributed by atoms with van der Waals surface area (Å²) in [5, 5.41) is 8.88. The highest BCUT2D eigenvalue weighted by Gasteiger charge is 2.29. The molecule has 0 saturated heterocycles. The molecule has 0 atom stereocenters. The summed E-state index contributed by atoms with van der Waals surface area (Å²) in [5.41, 5.74) is 1.08. The van der Waals surface area contributed by atoms with Gasteiger partial charge in [-0.2, -0.15) is 28.1 Å². The number of carbonyl (C=O) groups is 1. The molecule has 0 fully saturated rings. The number of amides is 1. The molecule has 0 spiro atoms. The van der Waals surface area contributed by atoms with Crippen molar-refractivity contribution in [3.05, 3.63) is 29.8 Å². The Morgan fingerprint density at radius 1 is 0.788 bits per heavy atom. The number of halogens is 3. The van der Waals surface area contributed by atoms with Gasteiger partial charge in [0, 0.05) is 24.3 Å². The Hall–Kier alpha value is -3.11. The van der Waals surface area contributed by atoms with Crippen LogP contribution in [0.4, 0.5) is 30.8 Å². The van der Waals surface area contributed by atoms with Gasteiger partial charge in [0.05, 0.1) is 0 Å². The summed E-state index contributed by atoms with van der Waals surface area (Å²) >= 11 is 0. The Kier molecular flexibility index (Phi) is 9.08. The number of nitrogens with one attached hydrogen (secondary N) is 3. The minimum Gasteiger partial charge on any atom is -0.454 e. The molecule has 11 heteroatoms. The molecule has 2 aliphatic rings. The third kappa shape index (κ3) is 9.11. The molecule has 2 aromatic rings. The zero-order valence-corrected chi connectivity index (χ0v) is 18.4. The van der Waals surface area contributed by atoms with Gasteiger partial charge in [-0.15, -0.1) is 0 Å². The first kappa shape index (κ1) is 24.5. The Balaban J connectivity index is 1.75. The van der Waals surface area contributed by atoms with Gasteiger partial charge in [-0.1, -0.05) is 38.5 Å². The molecule has 4 rings (SSSR count). The molecular weight excluding hydrogens is 437 g/mol. The minimum absolute atomic E-state index is 0.0350. The van der Waals surface area contributed by atoms with E-state index in [0.717, 1.165) is 51.4 Å². The second kappa shape index (κ2) is 12.2. The van der Waals surface area contributed by atoms with Crippen LogP contribution in [0.2, 0.25) is 0 Å². The van der Waals surface area contributed by atoms with Crippen LogP contribution in [0.1, 0.15) is 61.7 Å². The maximum Gasteiger partial charge on any atom is 0.422 e. The van der Waals surface area contributed by atoms with E-state index in [0.29, 0.717) is 24.3 Å². The quantitative estimate of drug-likeness (QED) is 0.583. The molecule has 0 radical (unpaired) electrons. The van der Waals surface area contributed by atoms with Crippen molar-refractivity contribution >= 4 is 23.5 Å². The average Bonchev–Trinajstić information content (AvgIpc) is 2.78. The molecule has 0 unspecified atom stereocenters. The molecule has 1 aromatic heterocycles. The van der Waals surface area contributed by atoms with E-state index in [1.165, 1.54) is 0 Å². The van der Waals surface area contributed by atoms with Gasteiger partial charge in [0.2, 0.25) is 11.9 Å². The van der Waals surface area contributed by atoms with Crippen LogP contribution in [-0.4, -0.2) is 46.7 Å². The van der Waals surface area contributed by atoms with Crippen LogP contribution in [-0.2, 0) is 0 Å². The lowest BCUT2D eigenvalue weighted by Crippen LogP contribution is -2.24. The van der Waals surface area contributed by atoms with Gasteiger partial charge in [0.25, 0.3) is 5.91 Å². The van der Waals surface area contributed by atoms with Crippen LogP contribution in [0.5, 0.6) is 6.01 Å². The number of hydrogen-bond acceptors (Lipinski definition) is 7. The lowest BCUT2D eigenvalue weighted by atomic mass is 10.1. The topological polar surface area (TPSA) is 101 Å². The maximum absolute atomic E-state index is 12.6. The lowest BCUT2D eigenvalue weighted by Gasteiger charge is -2.12. The highest BCUT2D eigenvalue weighted by molar-refractivity contribution is 5.94. The van der Waals surface area contributed by atoms with E-state index in [9.17, 15) is 18.0 Å². The SMILES string of the molecule is O=C1NCCCCCCCCCCNc2nc(nc(OCC(F)(F)F)n2)Nc2ccc1cc2. The van der Waals surface area contributed by atoms with Gasteiger partial charge in [-0.05, 0) is 37.1 Å². The molecule has 3 N–H and O–H groups in total. The van der Waals surface area contributed by atoms with Crippen LogP contribution in [0.15, 0.2) is 24.3 Å². The molecule has 0 saturated carbocycles. The number of hydrogen-bond donors (Lipinski definition) is 3. The number of alkyl halides is 3. The number of fused-ring (bicyclic) bond motifs is 14. The molecule has 0 aliphatic carbocycles. The van der Waals surface area contributed by atoms with Crippen LogP contribution >= 0.6 is 0 Å². The standard InChI is InChI=1S/C22H29F3N6O2/c23-22(24,25)15-33-21-30-19-27-14-8-6-4-2-1-3-5-7-13-26-18(32)16-9-11-17(12-10-16)28-20(29-19)31-21/h9-12H,1-8,13-15H2,(H,26,32)(H2,27,28,29,30,31). The first-order chi connectivity index (χ1) is 15.9. The molecule has 2 aliphatic heterocycles. The predicted octanol–water partition coefficient (Wildman–Crippen LogP) is 4.83. The van der Waals surface area contributed by atoms with Crippen molar-refractivity contribution in [3.8, 4) is 6.01 Å². The largest absolute Gasteiger partial charge is 0.454 e. The van der Waals surface area contributed by atoms with Gasteiger partial charge in [0.15, 0.2) is 6.61 Å². The van der Waals surface area contributed by atoms with E-state index < -0.39 is 18.8 Å². The number of anilines is 3. The summed E-state index contributed by atoms with van der Waals surface area (Å²) in [4.78, 5) is 24.4. The highest BCUT2D eigenvalue weighted by atomic mass is 19.4. The molecule has 8 nitrogen and oxygen atoms in total. The maximum atomic E-state index is 12.6. The summed E-state index contributed by atoms with van der Waals surface area (Å²) in [5.74, 6) is 0.0151. The number of benzene rings is 1. The Labute approximate surface area is 190 Å². The highest BCUT2D eigenvalue weighted by Crippen LogP contribution is 2.20. The zero-order chi connectivity index (χ0) is 23.5. The number of nitrogens with zero attached hydrogens (tertiary/aromatic N) is 3. The molecule has 3 heterocycles. The van der Waals surface area contributed by atoms with Gasteiger partial charge in [-0.25, -0.2) is 0 Å². The third-order valence-electron chi connectivity index (χ3n) is 5.06. The van der Waals surface area contributed by atoms with Crippen LogP contribution < -0.4 is 20.7 Å². The number of carbonyl (C=O) groups excluding carboxylic acids is 1. The Morgan fingerprint density at radius 3 is 2.00 bits per heavy atom. The monoisotopic (exact) mass is 466 g/mol. The smallest absolute Gasteiger partial charge is 0.422 e. The van der Waals surface area contributed by atoms with Crippen molar-refractivity contribution in [1.82, 2.24) is 20.3 Å². The van der Waals surface area contributed by atoms with Gasteiger partial charge < -0.3 is 20.7 Å². The molecule has 33 heavy (non-hydrogen) atoms. The fraction of sp³-hybridized carbons (Fsp3) is 0.545. The van der Waals surface area contributed by atoms with E-state index >= 15 is 0 Å². The Bertz CT molecular complexity index is 893. The second-order valence-corrected chi connectivity index (χ2v) is 7.88. The molecule has 4 bridgehead atoms. The molecule has 1 aromatic carbocycles. The Morgan fingerprint density at radius 2 is 1.36 bits per heavy atom. The summed E-state index contributed by atoms with van der Waals surface area (Å²) in [6.07, 6.45) is 4.00. The molecular formula is C22H29F3N6O2. The normalized spacial score (nSPS) is 16.6. The van der Waals surface area contributed by atoms with E-state index in [1.807, 2.05) is 0 Å². The van der Waals surface area contributed by atoms with Gasteiger partial charge in [0.1, 0.15) is 0 Å². The molecule has 180 valence electrons. The van der Waals surface area contributed by atoms with Crippen molar-refractivity contribution in [1.29, 1.82) is 0 Å². The van der Waals surface area contributed by atoms with Crippen LogP contribution in [0, 0.1) is 0 Å². The number of ether oxygens (including phenoxy) is 1. The first-order valence-electron chi connectivity index (χ1n) is 11.2. The second-order valence-electron chi connectivity index (χ2n) is 7.88. The molecule has 1 amide bonds. The fourth-order valence-corrected chi connectivity index (χ4v) is 3.35. The van der Waals surface area contributed by atoms with E-state index in [-0.39, 0.29) is 17.8 Å².